The Morgan fingerprint density at radius 1 is 1.33 bits per heavy atom. The second kappa shape index (κ2) is 8.62. The Morgan fingerprint density at radius 2 is 2.08 bits per heavy atom. The van der Waals surface area contributed by atoms with Crippen molar-refractivity contribution in [3.05, 3.63) is 41.7 Å². The fourth-order valence-corrected chi connectivity index (χ4v) is 2.87. The average molecular weight is 333 g/mol. The zero-order chi connectivity index (χ0) is 17.5. The molecule has 0 radical (unpaired) electrons. The van der Waals surface area contributed by atoms with Gasteiger partial charge in [-0.15, -0.1) is 0 Å². The van der Waals surface area contributed by atoms with Gasteiger partial charge >= 0.3 is 5.97 Å². The molecule has 1 saturated carbocycles. The van der Waals surface area contributed by atoms with Crippen LogP contribution in [0.1, 0.15) is 45.1 Å². The second-order valence-corrected chi connectivity index (χ2v) is 6.34. The predicted molar refractivity (Wildman–Crippen MR) is 90.6 cm³/mol. The van der Waals surface area contributed by atoms with E-state index in [0.29, 0.717) is 11.5 Å². The van der Waals surface area contributed by atoms with E-state index in [2.05, 4.69) is 12.2 Å². The second-order valence-electron chi connectivity index (χ2n) is 6.34. The molecule has 0 heterocycles. The standard InChI is InChI=1S/C19H24FNO3/c1-13-6-3-4-9-17(13)21-19(23)14(2)24-18(22)11-10-15-7-5-8-16(20)12-15/h5,7-8,10-14,17H,3-4,6,9H2,1-2H3,(H,21,23)/b11-10+/t13-,14+,17-/m1/s1. The van der Waals surface area contributed by atoms with E-state index in [1.165, 1.54) is 30.7 Å². The highest BCUT2D eigenvalue weighted by Gasteiger charge is 2.25. The molecule has 130 valence electrons. The van der Waals surface area contributed by atoms with Crippen molar-refractivity contribution in [2.24, 2.45) is 5.92 Å². The van der Waals surface area contributed by atoms with Crippen molar-refractivity contribution in [3.63, 3.8) is 0 Å². The summed E-state index contributed by atoms with van der Waals surface area (Å²) in [6.07, 6.45) is 6.18. The highest BCUT2D eigenvalue weighted by molar-refractivity contribution is 5.90. The van der Waals surface area contributed by atoms with Gasteiger partial charge in [0.1, 0.15) is 5.82 Å². The third-order valence-corrected chi connectivity index (χ3v) is 4.36. The number of carbonyl (C=O) groups excluding carboxylic acids is 2. The van der Waals surface area contributed by atoms with Crippen molar-refractivity contribution in [3.8, 4) is 0 Å². The van der Waals surface area contributed by atoms with Crippen molar-refractivity contribution in [2.75, 3.05) is 0 Å². The fourth-order valence-electron chi connectivity index (χ4n) is 2.87. The number of ether oxygens (including phenoxy) is 1. The summed E-state index contributed by atoms with van der Waals surface area (Å²) in [5, 5.41) is 2.97. The largest absolute Gasteiger partial charge is 0.449 e. The van der Waals surface area contributed by atoms with E-state index in [-0.39, 0.29) is 17.8 Å². The van der Waals surface area contributed by atoms with Crippen LogP contribution in [-0.2, 0) is 14.3 Å². The van der Waals surface area contributed by atoms with Crippen LogP contribution in [0.5, 0.6) is 0 Å². The number of nitrogens with one attached hydrogen (secondary N) is 1. The van der Waals surface area contributed by atoms with Gasteiger partial charge in [-0.1, -0.05) is 31.9 Å². The monoisotopic (exact) mass is 333 g/mol. The average Bonchev–Trinajstić information content (AvgIpc) is 2.55. The van der Waals surface area contributed by atoms with Gasteiger partial charge in [-0.2, -0.15) is 0 Å². The summed E-state index contributed by atoms with van der Waals surface area (Å²) < 4.78 is 18.2. The first-order valence-electron chi connectivity index (χ1n) is 8.40. The number of carbonyl (C=O) groups is 2. The molecule has 1 fully saturated rings. The molecule has 0 bridgehead atoms. The predicted octanol–water partition coefficient (Wildman–Crippen LogP) is 3.47. The lowest BCUT2D eigenvalue weighted by Gasteiger charge is -2.30. The number of halogens is 1. The molecular weight excluding hydrogens is 309 g/mol. The Bertz CT molecular complexity index is 614. The molecule has 2 rings (SSSR count). The smallest absolute Gasteiger partial charge is 0.331 e. The van der Waals surface area contributed by atoms with Gasteiger partial charge in [0.25, 0.3) is 5.91 Å². The van der Waals surface area contributed by atoms with Gasteiger partial charge in [0.05, 0.1) is 0 Å². The molecule has 3 atom stereocenters. The van der Waals surface area contributed by atoms with Crippen LogP contribution in [0.4, 0.5) is 4.39 Å². The minimum atomic E-state index is -0.858. The molecule has 5 heteroatoms. The number of hydrogen-bond donors (Lipinski definition) is 1. The zero-order valence-corrected chi connectivity index (χ0v) is 14.1. The van der Waals surface area contributed by atoms with E-state index in [9.17, 15) is 14.0 Å². The molecule has 24 heavy (non-hydrogen) atoms. The Morgan fingerprint density at radius 3 is 2.79 bits per heavy atom. The summed E-state index contributed by atoms with van der Waals surface area (Å²) in [6, 6.07) is 6.02. The Hall–Kier alpha value is -2.17. The number of hydrogen-bond acceptors (Lipinski definition) is 3. The first-order valence-corrected chi connectivity index (χ1v) is 8.40. The first-order chi connectivity index (χ1) is 11.5. The molecule has 0 aliphatic heterocycles. The lowest BCUT2D eigenvalue weighted by atomic mass is 9.86. The molecule has 1 N–H and O–H groups in total. The van der Waals surface area contributed by atoms with Crippen LogP contribution in [0, 0.1) is 11.7 Å². The highest BCUT2D eigenvalue weighted by Crippen LogP contribution is 2.23. The number of esters is 1. The Labute approximate surface area is 142 Å². The van der Waals surface area contributed by atoms with Crippen molar-refractivity contribution in [2.45, 2.75) is 51.7 Å². The third-order valence-electron chi connectivity index (χ3n) is 4.36. The van der Waals surface area contributed by atoms with E-state index in [1.54, 1.807) is 19.1 Å². The summed E-state index contributed by atoms with van der Waals surface area (Å²) in [4.78, 5) is 23.9. The third kappa shape index (κ3) is 5.48. The molecule has 0 spiro atoms. The lowest BCUT2D eigenvalue weighted by Crippen LogP contribution is -2.45. The van der Waals surface area contributed by atoms with E-state index >= 15 is 0 Å². The van der Waals surface area contributed by atoms with Crippen LogP contribution >= 0.6 is 0 Å². The molecule has 1 aliphatic rings. The van der Waals surface area contributed by atoms with Gasteiger partial charge < -0.3 is 10.1 Å². The molecule has 0 unspecified atom stereocenters. The van der Waals surface area contributed by atoms with Crippen molar-refractivity contribution >= 4 is 18.0 Å². The number of rotatable bonds is 5. The molecule has 1 aromatic rings. The van der Waals surface area contributed by atoms with Gasteiger partial charge in [0.2, 0.25) is 0 Å². The van der Waals surface area contributed by atoms with Gasteiger partial charge in [-0.25, -0.2) is 9.18 Å². The molecular formula is C19H24FNO3. The maximum Gasteiger partial charge on any atom is 0.331 e. The molecule has 1 aliphatic carbocycles. The molecule has 0 aromatic heterocycles. The van der Waals surface area contributed by atoms with Crippen LogP contribution in [-0.4, -0.2) is 24.0 Å². The topological polar surface area (TPSA) is 55.4 Å². The number of benzene rings is 1. The van der Waals surface area contributed by atoms with Crippen molar-refractivity contribution in [1.29, 1.82) is 0 Å². The minimum absolute atomic E-state index is 0.148. The van der Waals surface area contributed by atoms with Crippen LogP contribution < -0.4 is 5.32 Å². The normalized spacial score (nSPS) is 22.1. The maximum atomic E-state index is 13.1. The molecule has 0 saturated heterocycles. The summed E-state index contributed by atoms with van der Waals surface area (Å²) in [6.45, 7) is 3.68. The van der Waals surface area contributed by atoms with Crippen LogP contribution in [0.25, 0.3) is 6.08 Å². The fraction of sp³-hybridized carbons (Fsp3) is 0.474. The van der Waals surface area contributed by atoms with E-state index < -0.39 is 12.1 Å². The highest BCUT2D eigenvalue weighted by atomic mass is 19.1. The summed E-state index contributed by atoms with van der Waals surface area (Å²) in [7, 11) is 0. The first kappa shape index (κ1) is 18.2. The minimum Gasteiger partial charge on any atom is -0.449 e. The maximum absolute atomic E-state index is 13.1. The van der Waals surface area contributed by atoms with Gasteiger partial charge in [-0.3, -0.25) is 4.79 Å². The van der Waals surface area contributed by atoms with Crippen molar-refractivity contribution in [1.82, 2.24) is 5.32 Å². The summed E-state index contributed by atoms with van der Waals surface area (Å²) >= 11 is 0. The van der Waals surface area contributed by atoms with Crippen molar-refractivity contribution < 1.29 is 18.7 Å². The molecule has 1 amide bonds. The Balaban J connectivity index is 1.83. The van der Waals surface area contributed by atoms with E-state index in [0.717, 1.165) is 19.3 Å². The summed E-state index contributed by atoms with van der Waals surface area (Å²) in [5.74, 6) is -0.835. The quantitative estimate of drug-likeness (QED) is 0.663. The Kier molecular flexibility index (Phi) is 6.53. The zero-order valence-electron chi connectivity index (χ0n) is 14.1. The SMILES string of the molecule is C[C@H](OC(=O)/C=C/c1cccc(F)c1)C(=O)N[C@@H]1CCCC[C@H]1C. The van der Waals surface area contributed by atoms with E-state index in [4.69, 9.17) is 4.74 Å². The molecule has 1 aromatic carbocycles. The van der Waals surface area contributed by atoms with Crippen LogP contribution in [0.2, 0.25) is 0 Å². The van der Waals surface area contributed by atoms with Crippen LogP contribution in [0.15, 0.2) is 30.3 Å². The van der Waals surface area contributed by atoms with E-state index in [1.807, 2.05) is 0 Å². The summed E-state index contributed by atoms with van der Waals surface area (Å²) in [5.41, 5.74) is 0.556. The van der Waals surface area contributed by atoms with Gasteiger partial charge in [0.15, 0.2) is 6.10 Å². The molecule has 4 nitrogen and oxygen atoms in total. The van der Waals surface area contributed by atoms with Gasteiger partial charge in [-0.05, 0) is 49.5 Å². The number of amides is 1. The van der Waals surface area contributed by atoms with Crippen LogP contribution in [0.3, 0.4) is 0 Å². The lowest BCUT2D eigenvalue weighted by molar-refractivity contribution is -0.150. The van der Waals surface area contributed by atoms with Gasteiger partial charge in [0, 0.05) is 12.1 Å².